The Morgan fingerprint density at radius 3 is 2.55 bits per heavy atom. The van der Waals surface area contributed by atoms with Gasteiger partial charge in [0.25, 0.3) is 0 Å². The van der Waals surface area contributed by atoms with Gasteiger partial charge >= 0.3 is 196 Å². The summed E-state index contributed by atoms with van der Waals surface area (Å²) >= 11 is 6.58. The number of amides is 1. The summed E-state index contributed by atoms with van der Waals surface area (Å²) in [7, 11) is 1.71. The second-order valence-corrected chi connectivity index (χ2v) is 10.8. The summed E-state index contributed by atoms with van der Waals surface area (Å²) in [6.07, 6.45) is 5.45. The fraction of sp³-hybridized carbons (Fsp3) is 0.0435. The number of aromatic nitrogens is 2. The van der Waals surface area contributed by atoms with Gasteiger partial charge in [-0.15, -0.1) is 0 Å². The van der Waals surface area contributed by atoms with Crippen molar-refractivity contribution in [1.29, 1.82) is 0 Å². The number of thiocarbonyl (C=S) groups is 1. The van der Waals surface area contributed by atoms with Crippen LogP contribution in [0, 0.1) is 0 Å². The van der Waals surface area contributed by atoms with Crippen molar-refractivity contribution in [3.63, 3.8) is 0 Å². The number of anilines is 3. The molecule has 1 saturated heterocycles. The molecule has 0 atom stereocenters. The Hall–Kier alpha value is -2.77. The molecule has 152 valence electrons. The van der Waals surface area contributed by atoms with Gasteiger partial charge in [-0.3, -0.25) is 0 Å². The van der Waals surface area contributed by atoms with Crippen molar-refractivity contribution in [3.8, 4) is 0 Å². The second kappa shape index (κ2) is 8.40. The van der Waals surface area contributed by atoms with Gasteiger partial charge in [0.15, 0.2) is 0 Å². The fourth-order valence-electron chi connectivity index (χ4n) is 3.28. The van der Waals surface area contributed by atoms with Gasteiger partial charge in [-0.05, 0) is 0 Å². The second-order valence-electron chi connectivity index (χ2n) is 6.83. The van der Waals surface area contributed by atoms with Gasteiger partial charge < -0.3 is 0 Å². The van der Waals surface area contributed by atoms with E-state index in [-0.39, 0.29) is 20.4 Å². The van der Waals surface area contributed by atoms with Crippen LogP contribution in [-0.2, 0) is 4.79 Å². The summed E-state index contributed by atoms with van der Waals surface area (Å²) < 4.78 is 2.80. The van der Waals surface area contributed by atoms with Gasteiger partial charge in [-0.25, -0.2) is 0 Å². The van der Waals surface area contributed by atoms with Crippen LogP contribution in [0.5, 0.6) is 0 Å². The Bertz CT molecular complexity index is 1340. The molecule has 31 heavy (non-hydrogen) atoms. The molecule has 2 aromatic carbocycles. The number of likely N-dealkylation sites (N-methyl/N-ethyl adjacent to an activating group) is 1. The van der Waals surface area contributed by atoms with Crippen LogP contribution in [0.15, 0.2) is 78.0 Å². The summed E-state index contributed by atoms with van der Waals surface area (Å²) in [5.74, 6) is 0.582. The van der Waals surface area contributed by atoms with Gasteiger partial charge in [-0.1, -0.05) is 0 Å². The fourth-order valence-corrected chi connectivity index (χ4v) is 6.65. The molecule has 2 aromatic heterocycles. The summed E-state index contributed by atoms with van der Waals surface area (Å²) in [6, 6.07) is 20.6. The van der Waals surface area contributed by atoms with Crippen molar-refractivity contribution in [2.24, 2.45) is 0 Å². The van der Waals surface area contributed by atoms with E-state index in [9.17, 15) is 4.79 Å². The average molecular weight is 508 g/mol. The number of rotatable bonds is 4. The molecule has 0 unspecified atom stereocenters. The molecule has 0 N–H and O–H groups in total. The Balaban J connectivity index is 1.57. The number of fused-ring (bicyclic) bond motifs is 1. The molecule has 1 fully saturated rings. The normalized spacial score (nSPS) is 15.3. The third-order valence-electron chi connectivity index (χ3n) is 4.84. The molecular weight excluding hydrogens is 491 g/mol. The van der Waals surface area contributed by atoms with Crippen LogP contribution >= 0.6 is 24.0 Å². The molecule has 0 spiro atoms. The zero-order chi connectivity index (χ0) is 21.4. The molecule has 0 aliphatic carbocycles. The zero-order valence-electron chi connectivity index (χ0n) is 16.4. The summed E-state index contributed by atoms with van der Waals surface area (Å²) in [5.41, 5.74) is 1.01. The van der Waals surface area contributed by atoms with Gasteiger partial charge in [0, 0.05) is 0 Å². The maximum absolute atomic E-state index is 12.4. The number of carbonyl (C=O) groups excluding carboxylic acids is 1. The molecule has 1 amide bonds. The Kier molecular flexibility index (Phi) is 5.46. The molecule has 1 aliphatic rings. The predicted octanol–water partition coefficient (Wildman–Crippen LogP) is 4.99. The molecule has 0 bridgehead atoms. The first-order chi connectivity index (χ1) is 15.1. The first kappa shape index (κ1) is 20.1. The minimum atomic E-state index is -0.0436. The number of benzene rings is 2. The Morgan fingerprint density at radius 2 is 1.81 bits per heavy atom. The minimum absolute atomic E-state index is 0.0124. The number of thioether (sulfide) groups is 1. The summed E-state index contributed by atoms with van der Waals surface area (Å²) in [6.45, 7) is 0. The van der Waals surface area contributed by atoms with Gasteiger partial charge in [-0.2, -0.15) is 0 Å². The Morgan fingerprint density at radius 1 is 1.03 bits per heavy atom. The number of carbonyl (C=O) groups is 1. The van der Waals surface area contributed by atoms with Crippen LogP contribution in [0.1, 0.15) is 4.44 Å². The topological polar surface area (TPSA) is 49.3 Å². The van der Waals surface area contributed by atoms with Crippen LogP contribution in [0.25, 0.3) is 16.8 Å². The van der Waals surface area contributed by atoms with Crippen LogP contribution < -0.4 is 4.90 Å². The van der Waals surface area contributed by atoms with Crippen molar-refractivity contribution < 1.29 is 4.79 Å². The Labute approximate surface area is 195 Å². The standard InChI is InChI=1S/C23H16N4OS2Se/c1-26-21(28)19(30-23(26)29)14-18-9-10-20(31-18)27(22-24-11-4-12-25-22)17-8-7-15-5-2-3-6-16(15)13-17/h2-14H,1H3/b19-14+. The average Bonchev–Trinajstić information content (AvgIpc) is 3.35. The monoisotopic (exact) mass is 508 g/mol. The van der Waals surface area contributed by atoms with Crippen LogP contribution in [-0.4, -0.2) is 46.6 Å². The quantitative estimate of drug-likeness (QED) is 0.221. The van der Waals surface area contributed by atoms with E-state index in [1.807, 2.05) is 24.3 Å². The number of hydrogen-bond donors (Lipinski definition) is 0. The molecule has 5 rings (SSSR count). The van der Waals surface area contributed by atoms with E-state index in [1.165, 1.54) is 22.0 Å². The van der Waals surface area contributed by atoms with Crippen molar-refractivity contribution in [2.75, 3.05) is 11.9 Å². The van der Waals surface area contributed by atoms with Crippen molar-refractivity contribution in [3.05, 3.63) is 82.4 Å². The van der Waals surface area contributed by atoms with Crippen LogP contribution in [0.2, 0.25) is 0 Å². The first-order valence-electron chi connectivity index (χ1n) is 9.47. The summed E-state index contributed by atoms with van der Waals surface area (Å²) in [5, 5.41) is 2.35. The number of hydrogen-bond acceptors (Lipinski definition) is 6. The molecule has 1 aliphatic heterocycles. The van der Waals surface area contributed by atoms with E-state index < -0.39 is 0 Å². The van der Waals surface area contributed by atoms with E-state index >= 15 is 0 Å². The molecule has 3 heterocycles. The van der Waals surface area contributed by atoms with Gasteiger partial charge in [0.2, 0.25) is 0 Å². The van der Waals surface area contributed by atoms with E-state index in [4.69, 9.17) is 12.2 Å². The van der Waals surface area contributed by atoms with E-state index in [0.29, 0.717) is 15.2 Å². The molecule has 5 nitrogen and oxygen atoms in total. The van der Waals surface area contributed by atoms with Crippen LogP contribution in [0.4, 0.5) is 16.2 Å². The van der Waals surface area contributed by atoms with Crippen molar-refractivity contribution >= 4 is 81.8 Å². The molecule has 0 saturated carbocycles. The van der Waals surface area contributed by atoms with E-state index in [0.717, 1.165) is 20.1 Å². The third kappa shape index (κ3) is 3.95. The predicted molar refractivity (Wildman–Crippen MR) is 132 cm³/mol. The zero-order valence-corrected chi connectivity index (χ0v) is 19.8. The van der Waals surface area contributed by atoms with Crippen molar-refractivity contribution in [1.82, 2.24) is 14.9 Å². The number of nitrogens with zero attached hydrogens (tertiary/aromatic N) is 4. The molecular formula is C23H16N4OS2Se. The molecule has 0 radical (unpaired) electrons. The first-order valence-corrected chi connectivity index (χ1v) is 12.4. The van der Waals surface area contributed by atoms with Gasteiger partial charge in [0.1, 0.15) is 0 Å². The van der Waals surface area contributed by atoms with E-state index in [2.05, 4.69) is 57.3 Å². The molecule has 4 aromatic rings. The van der Waals surface area contributed by atoms with Gasteiger partial charge in [0.05, 0.1) is 0 Å². The van der Waals surface area contributed by atoms with E-state index in [1.54, 1.807) is 19.4 Å². The van der Waals surface area contributed by atoms with Crippen molar-refractivity contribution in [2.45, 2.75) is 0 Å². The molecule has 8 heteroatoms. The van der Waals surface area contributed by atoms with Crippen LogP contribution in [0.3, 0.4) is 0 Å². The SMILES string of the molecule is CN1C(=O)/C(=C\c2ccc(N(c3ccc4ccccc4c3)c3ncccn3)[se]2)SC1=S. The third-order valence-corrected chi connectivity index (χ3v) is 8.46. The summed E-state index contributed by atoms with van der Waals surface area (Å²) in [4.78, 5) is 25.7. The maximum atomic E-state index is 12.4.